The van der Waals surface area contributed by atoms with Crippen LogP contribution in [0.25, 0.3) is 5.69 Å². The average Bonchev–Trinajstić information content (AvgIpc) is 3.24. The molecule has 0 fully saturated rings. The zero-order valence-corrected chi connectivity index (χ0v) is 17.1. The van der Waals surface area contributed by atoms with Crippen molar-refractivity contribution in [2.24, 2.45) is 0 Å². The lowest BCUT2D eigenvalue weighted by Gasteiger charge is -2.32. The van der Waals surface area contributed by atoms with Crippen molar-refractivity contribution < 1.29 is 9.59 Å². The van der Waals surface area contributed by atoms with Gasteiger partial charge in [-0.15, -0.1) is 6.58 Å². The van der Waals surface area contributed by atoms with Crippen molar-refractivity contribution in [3.8, 4) is 5.69 Å². The van der Waals surface area contributed by atoms with E-state index in [-0.39, 0.29) is 18.2 Å². The number of fused-ring (bicyclic) bond motifs is 4. The Morgan fingerprint density at radius 3 is 2.70 bits per heavy atom. The van der Waals surface area contributed by atoms with E-state index in [0.717, 1.165) is 22.5 Å². The third-order valence-corrected chi connectivity index (χ3v) is 6.13. The second kappa shape index (κ2) is 6.57. The van der Waals surface area contributed by atoms with Gasteiger partial charge in [0.05, 0.1) is 17.6 Å². The van der Waals surface area contributed by atoms with Crippen LogP contribution in [0.15, 0.2) is 61.3 Å². The van der Waals surface area contributed by atoms with Crippen molar-refractivity contribution in [3.05, 3.63) is 83.0 Å². The Hall–Kier alpha value is -3.38. The molecule has 0 aliphatic carbocycles. The number of nitrogens with zero attached hydrogens (tertiary/aromatic N) is 3. The number of carbonyl (C=O) groups is 2. The lowest BCUT2D eigenvalue weighted by Crippen LogP contribution is -2.46. The number of hydrogen-bond acceptors (Lipinski definition) is 3. The second-order valence-electron chi connectivity index (χ2n) is 7.60. The summed E-state index contributed by atoms with van der Waals surface area (Å²) < 4.78 is 1.64. The van der Waals surface area contributed by atoms with Gasteiger partial charge in [0.2, 0.25) is 11.8 Å². The Morgan fingerprint density at radius 2 is 1.97 bits per heavy atom. The number of nitrogens with one attached hydrogen (secondary N) is 1. The number of aromatic nitrogens is 2. The Bertz CT molecular complexity index is 1210. The van der Waals surface area contributed by atoms with Crippen LogP contribution in [0.4, 0.5) is 11.5 Å². The highest BCUT2D eigenvalue weighted by Crippen LogP contribution is 2.53. The zero-order valence-electron chi connectivity index (χ0n) is 16.4. The van der Waals surface area contributed by atoms with E-state index in [4.69, 9.17) is 11.6 Å². The van der Waals surface area contributed by atoms with E-state index in [2.05, 4.69) is 17.0 Å². The summed E-state index contributed by atoms with van der Waals surface area (Å²) in [6.07, 6.45) is 3.42. The molecular weight excluding hydrogens is 400 g/mol. The molecule has 150 valence electrons. The maximum atomic E-state index is 13.8. The van der Waals surface area contributed by atoms with Crippen LogP contribution in [0.1, 0.15) is 23.1 Å². The summed E-state index contributed by atoms with van der Waals surface area (Å²) in [7, 11) is 0. The minimum atomic E-state index is -1.10. The van der Waals surface area contributed by atoms with Crippen molar-refractivity contribution in [1.82, 2.24) is 9.78 Å². The fraction of sp³-hybridized carbons (Fsp3) is 0.174. The van der Waals surface area contributed by atoms with Crippen molar-refractivity contribution in [2.45, 2.75) is 18.8 Å². The summed E-state index contributed by atoms with van der Waals surface area (Å²) in [6, 6.07) is 13.0. The van der Waals surface area contributed by atoms with E-state index >= 15 is 0 Å². The average molecular weight is 419 g/mol. The molecule has 1 atom stereocenters. The van der Waals surface area contributed by atoms with Gasteiger partial charge in [0.25, 0.3) is 0 Å². The second-order valence-corrected chi connectivity index (χ2v) is 8.04. The van der Waals surface area contributed by atoms with Gasteiger partial charge >= 0.3 is 0 Å². The predicted molar refractivity (Wildman–Crippen MR) is 116 cm³/mol. The summed E-state index contributed by atoms with van der Waals surface area (Å²) in [5.41, 5.74) is 3.00. The Morgan fingerprint density at radius 1 is 1.20 bits per heavy atom. The number of carbonyl (C=O) groups excluding carboxylic acids is 2. The molecule has 1 N–H and O–H groups in total. The molecule has 1 aromatic heterocycles. The highest BCUT2D eigenvalue weighted by molar-refractivity contribution is 6.30. The summed E-state index contributed by atoms with van der Waals surface area (Å²) in [6.45, 7) is 6.15. The van der Waals surface area contributed by atoms with Gasteiger partial charge in [0, 0.05) is 23.6 Å². The fourth-order valence-corrected chi connectivity index (χ4v) is 4.74. The number of para-hydroxylation sites is 1. The molecule has 0 saturated heterocycles. The first-order valence-electron chi connectivity index (χ1n) is 9.64. The zero-order chi connectivity index (χ0) is 21.0. The van der Waals surface area contributed by atoms with E-state index in [1.807, 2.05) is 37.3 Å². The van der Waals surface area contributed by atoms with E-state index in [1.54, 1.807) is 34.0 Å². The molecule has 2 aliphatic rings. The summed E-state index contributed by atoms with van der Waals surface area (Å²) in [4.78, 5) is 28.4. The molecule has 6 nitrogen and oxygen atoms in total. The lowest BCUT2D eigenvalue weighted by molar-refractivity contribution is -0.126. The maximum Gasteiger partial charge on any atom is 0.243 e. The highest BCUT2D eigenvalue weighted by atomic mass is 35.5. The van der Waals surface area contributed by atoms with Gasteiger partial charge in [-0.1, -0.05) is 35.9 Å². The van der Waals surface area contributed by atoms with Gasteiger partial charge in [-0.05, 0) is 42.3 Å². The van der Waals surface area contributed by atoms with Gasteiger partial charge < -0.3 is 10.2 Å². The molecule has 7 heteroatoms. The monoisotopic (exact) mass is 418 g/mol. The number of anilines is 2. The molecule has 1 spiro atoms. The van der Waals surface area contributed by atoms with Gasteiger partial charge in [0.15, 0.2) is 0 Å². The number of amides is 2. The minimum Gasteiger partial charge on any atom is -0.310 e. The molecule has 30 heavy (non-hydrogen) atoms. The topological polar surface area (TPSA) is 67.2 Å². The van der Waals surface area contributed by atoms with Crippen LogP contribution in [-0.2, 0) is 15.0 Å². The lowest BCUT2D eigenvalue weighted by atomic mass is 9.71. The van der Waals surface area contributed by atoms with Gasteiger partial charge in [-0.3, -0.25) is 9.59 Å². The molecular formula is C23H19ClN4O2. The third kappa shape index (κ3) is 2.40. The molecule has 0 bridgehead atoms. The number of halogens is 1. The van der Waals surface area contributed by atoms with Crippen LogP contribution in [-0.4, -0.2) is 28.1 Å². The molecule has 0 saturated carbocycles. The molecule has 3 aromatic rings. The molecule has 2 aromatic carbocycles. The molecule has 5 rings (SSSR count). The Kier molecular flexibility index (Phi) is 4.08. The molecule has 0 radical (unpaired) electrons. The summed E-state index contributed by atoms with van der Waals surface area (Å²) in [5.74, 6) is 0.160. The molecule has 2 amide bonds. The van der Waals surface area contributed by atoms with Gasteiger partial charge in [-0.25, -0.2) is 4.68 Å². The van der Waals surface area contributed by atoms with E-state index in [9.17, 15) is 9.59 Å². The first-order valence-corrected chi connectivity index (χ1v) is 10.0. The standard InChI is InChI=1S/C23H19ClN4O2/c1-3-11-27-20-14(2)5-4-6-17(20)23(22(27)30)12-19(29)26-21-18(23)13-25-28(21)16-9-7-15(24)8-10-16/h3-10,13H,1,11-12H2,2H3,(H,26,29)/t23-/m0/s1. The van der Waals surface area contributed by atoms with Gasteiger partial charge in [-0.2, -0.15) is 5.10 Å². The van der Waals surface area contributed by atoms with Crippen molar-refractivity contribution >= 4 is 34.9 Å². The predicted octanol–water partition coefficient (Wildman–Crippen LogP) is 4.00. The van der Waals surface area contributed by atoms with Crippen molar-refractivity contribution in [2.75, 3.05) is 16.8 Å². The molecule has 3 heterocycles. The Labute approximate surface area is 178 Å². The van der Waals surface area contributed by atoms with Crippen LogP contribution >= 0.6 is 11.6 Å². The smallest absolute Gasteiger partial charge is 0.243 e. The van der Waals surface area contributed by atoms with Crippen LogP contribution in [0, 0.1) is 6.92 Å². The largest absolute Gasteiger partial charge is 0.310 e. The van der Waals surface area contributed by atoms with Crippen molar-refractivity contribution in [1.29, 1.82) is 0 Å². The summed E-state index contributed by atoms with van der Waals surface area (Å²) in [5, 5.41) is 8.05. The normalized spacial score (nSPS) is 19.6. The van der Waals surface area contributed by atoms with Crippen LogP contribution in [0.5, 0.6) is 0 Å². The Balaban J connectivity index is 1.77. The van der Waals surface area contributed by atoms with E-state index in [0.29, 0.717) is 22.9 Å². The molecule has 0 unspecified atom stereocenters. The van der Waals surface area contributed by atoms with Crippen LogP contribution in [0.2, 0.25) is 5.02 Å². The highest BCUT2D eigenvalue weighted by Gasteiger charge is 2.57. The number of aryl methyl sites for hydroxylation is 1. The summed E-state index contributed by atoms with van der Waals surface area (Å²) >= 11 is 6.02. The van der Waals surface area contributed by atoms with E-state index < -0.39 is 5.41 Å². The first kappa shape index (κ1) is 18.6. The quantitative estimate of drug-likeness (QED) is 0.654. The van der Waals surface area contributed by atoms with Gasteiger partial charge in [0.1, 0.15) is 11.2 Å². The first-order chi connectivity index (χ1) is 14.5. The SMILES string of the molecule is C=CCN1C(=O)[C@@]2(CC(=O)Nc3c2cnn3-c2ccc(Cl)cc2)c2cccc(C)c21. The number of rotatable bonds is 3. The van der Waals surface area contributed by atoms with Crippen molar-refractivity contribution in [3.63, 3.8) is 0 Å². The number of benzene rings is 2. The van der Waals surface area contributed by atoms with E-state index in [1.165, 1.54) is 0 Å². The number of hydrogen-bond donors (Lipinski definition) is 1. The van der Waals surface area contributed by atoms with Crippen LogP contribution < -0.4 is 10.2 Å². The minimum absolute atomic E-state index is 0.0369. The third-order valence-electron chi connectivity index (χ3n) is 5.87. The van der Waals surface area contributed by atoms with Crippen LogP contribution in [0.3, 0.4) is 0 Å². The fourth-order valence-electron chi connectivity index (χ4n) is 4.61. The molecule has 2 aliphatic heterocycles. The maximum absolute atomic E-state index is 13.8.